The summed E-state index contributed by atoms with van der Waals surface area (Å²) in [5.41, 5.74) is 0. The fourth-order valence-corrected chi connectivity index (χ4v) is 0.246. The van der Waals surface area contributed by atoms with Crippen molar-refractivity contribution < 1.29 is 0 Å². The third kappa shape index (κ3) is 10.8. The fraction of sp³-hybridized carbons (Fsp3) is 0.667. The zero-order valence-electron chi connectivity index (χ0n) is 4.20. The van der Waals surface area contributed by atoms with Crippen molar-refractivity contribution in [2.45, 2.75) is 20.8 Å². The highest BCUT2D eigenvalue weighted by molar-refractivity contribution is 4.60. The minimum atomic E-state index is 0. The molecule has 1 heteroatoms. The van der Waals surface area contributed by atoms with E-state index in [-0.39, 0.29) is 7.43 Å². The lowest BCUT2D eigenvalue weighted by Crippen LogP contribution is -2.03. The van der Waals surface area contributed by atoms with E-state index in [4.69, 9.17) is 0 Å². The summed E-state index contributed by atoms with van der Waals surface area (Å²) in [6.07, 6.45) is 2.88. The molecule has 0 saturated carbocycles. The Bertz CT molecular complexity index is 33.2. The monoisotopic (exact) mass is 101 g/mol. The van der Waals surface area contributed by atoms with Crippen LogP contribution in [0, 0.1) is 0 Å². The van der Waals surface area contributed by atoms with Crippen LogP contribution in [0.2, 0.25) is 0 Å². The van der Waals surface area contributed by atoms with Gasteiger partial charge in [-0.25, -0.2) is 0 Å². The molecule has 0 aliphatic rings. The van der Waals surface area contributed by atoms with Gasteiger partial charge in [0.2, 0.25) is 0 Å². The van der Waals surface area contributed by atoms with Crippen LogP contribution in [0.25, 0.3) is 0 Å². The third-order valence-electron chi connectivity index (χ3n) is 0.539. The Morgan fingerprint density at radius 1 is 1.71 bits per heavy atom. The summed E-state index contributed by atoms with van der Waals surface area (Å²) in [5, 5.41) is 2.96. The fourth-order valence-electron chi connectivity index (χ4n) is 0.246. The standard InChI is InChI=1S/C5H11N.CH4/c1-3-5-6-4-2;/h4,6H,2-3,5H2,1H3;1H4. The molecule has 0 aliphatic carbocycles. The number of hydrogen-bond donors (Lipinski definition) is 1. The maximum absolute atomic E-state index is 3.49. The van der Waals surface area contributed by atoms with Gasteiger partial charge in [0.1, 0.15) is 0 Å². The van der Waals surface area contributed by atoms with E-state index in [0.29, 0.717) is 0 Å². The Kier molecular flexibility index (Phi) is 12.7. The van der Waals surface area contributed by atoms with Gasteiger partial charge in [0, 0.05) is 6.54 Å². The molecule has 0 aromatic rings. The number of hydrogen-bond acceptors (Lipinski definition) is 1. The Morgan fingerprint density at radius 2 is 2.29 bits per heavy atom. The molecule has 0 unspecified atom stereocenters. The normalized spacial score (nSPS) is 6.43. The van der Waals surface area contributed by atoms with Crippen LogP contribution in [-0.2, 0) is 0 Å². The molecule has 0 spiro atoms. The number of nitrogens with one attached hydrogen (secondary N) is 1. The van der Waals surface area contributed by atoms with E-state index in [0.717, 1.165) is 6.54 Å². The van der Waals surface area contributed by atoms with Gasteiger partial charge >= 0.3 is 0 Å². The van der Waals surface area contributed by atoms with Gasteiger partial charge in [-0.1, -0.05) is 20.9 Å². The Balaban J connectivity index is 0. The van der Waals surface area contributed by atoms with Gasteiger partial charge in [-0.3, -0.25) is 0 Å². The first-order valence-electron chi connectivity index (χ1n) is 2.26. The molecule has 44 valence electrons. The lowest BCUT2D eigenvalue weighted by Gasteiger charge is -1.89. The van der Waals surface area contributed by atoms with E-state index < -0.39 is 0 Å². The van der Waals surface area contributed by atoms with Crippen LogP contribution in [0.4, 0.5) is 0 Å². The van der Waals surface area contributed by atoms with Crippen LogP contribution in [-0.4, -0.2) is 6.54 Å². The zero-order chi connectivity index (χ0) is 4.83. The summed E-state index contributed by atoms with van der Waals surface area (Å²) >= 11 is 0. The van der Waals surface area contributed by atoms with Gasteiger partial charge in [0.05, 0.1) is 0 Å². The van der Waals surface area contributed by atoms with Crippen molar-refractivity contribution >= 4 is 0 Å². The highest BCUT2D eigenvalue weighted by Gasteiger charge is 1.66. The molecule has 0 radical (unpaired) electrons. The summed E-state index contributed by atoms with van der Waals surface area (Å²) in [6.45, 7) is 6.65. The maximum atomic E-state index is 3.49. The first-order chi connectivity index (χ1) is 2.91. The second kappa shape index (κ2) is 9.11. The molecule has 7 heavy (non-hydrogen) atoms. The minimum Gasteiger partial charge on any atom is -0.391 e. The van der Waals surface area contributed by atoms with Crippen LogP contribution in [0.3, 0.4) is 0 Å². The third-order valence-corrected chi connectivity index (χ3v) is 0.539. The molecular formula is C6H15N. The van der Waals surface area contributed by atoms with E-state index in [1.807, 2.05) is 0 Å². The van der Waals surface area contributed by atoms with Crippen molar-refractivity contribution in [3.05, 3.63) is 12.8 Å². The van der Waals surface area contributed by atoms with Crippen molar-refractivity contribution in [2.24, 2.45) is 0 Å². The molecule has 1 N–H and O–H groups in total. The Morgan fingerprint density at radius 3 is 2.43 bits per heavy atom. The molecule has 0 heterocycles. The first kappa shape index (κ1) is 9.74. The molecule has 0 saturated heterocycles. The Labute approximate surface area is 46.4 Å². The van der Waals surface area contributed by atoms with Gasteiger partial charge in [-0.05, 0) is 12.6 Å². The van der Waals surface area contributed by atoms with E-state index in [1.54, 1.807) is 6.20 Å². The summed E-state index contributed by atoms with van der Waals surface area (Å²) in [5.74, 6) is 0. The quantitative estimate of drug-likeness (QED) is 0.534. The van der Waals surface area contributed by atoms with E-state index in [2.05, 4.69) is 18.8 Å². The molecule has 0 rings (SSSR count). The smallest absolute Gasteiger partial charge is 0.0138 e. The molecule has 0 fully saturated rings. The molecule has 0 aromatic carbocycles. The average molecular weight is 101 g/mol. The molecule has 0 aliphatic heterocycles. The molecule has 0 amide bonds. The molecule has 0 aromatic heterocycles. The van der Waals surface area contributed by atoms with Crippen molar-refractivity contribution in [3.63, 3.8) is 0 Å². The molecular weight excluding hydrogens is 86.1 g/mol. The molecule has 1 nitrogen and oxygen atoms in total. The van der Waals surface area contributed by atoms with Crippen LogP contribution in [0.5, 0.6) is 0 Å². The predicted octanol–water partition coefficient (Wildman–Crippen LogP) is 1.77. The summed E-state index contributed by atoms with van der Waals surface area (Å²) < 4.78 is 0. The van der Waals surface area contributed by atoms with Gasteiger partial charge in [0.25, 0.3) is 0 Å². The predicted molar refractivity (Wildman–Crippen MR) is 35.2 cm³/mol. The number of rotatable bonds is 3. The minimum absolute atomic E-state index is 0. The molecule has 0 bridgehead atoms. The summed E-state index contributed by atoms with van der Waals surface area (Å²) in [4.78, 5) is 0. The SMILES string of the molecule is C.C=CNCCC. The lowest BCUT2D eigenvalue weighted by atomic mass is 10.5. The van der Waals surface area contributed by atoms with Crippen LogP contribution < -0.4 is 5.32 Å². The van der Waals surface area contributed by atoms with Gasteiger partial charge in [0.15, 0.2) is 0 Å². The topological polar surface area (TPSA) is 12.0 Å². The van der Waals surface area contributed by atoms with Crippen LogP contribution in [0.15, 0.2) is 12.8 Å². The van der Waals surface area contributed by atoms with E-state index in [1.165, 1.54) is 6.42 Å². The molecule has 0 atom stereocenters. The van der Waals surface area contributed by atoms with Gasteiger partial charge < -0.3 is 5.32 Å². The second-order valence-corrected chi connectivity index (χ2v) is 1.16. The van der Waals surface area contributed by atoms with Crippen molar-refractivity contribution in [3.8, 4) is 0 Å². The van der Waals surface area contributed by atoms with Crippen LogP contribution in [0.1, 0.15) is 20.8 Å². The highest BCUT2D eigenvalue weighted by atomic mass is 14.8. The van der Waals surface area contributed by atoms with Crippen molar-refractivity contribution in [1.82, 2.24) is 5.32 Å². The lowest BCUT2D eigenvalue weighted by molar-refractivity contribution is 0.811. The van der Waals surface area contributed by atoms with Crippen molar-refractivity contribution in [2.75, 3.05) is 6.54 Å². The second-order valence-electron chi connectivity index (χ2n) is 1.16. The van der Waals surface area contributed by atoms with Crippen molar-refractivity contribution in [1.29, 1.82) is 0 Å². The summed E-state index contributed by atoms with van der Waals surface area (Å²) in [7, 11) is 0. The average Bonchev–Trinajstić information content (AvgIpc) is 1.61. The van der Waals surface area contributed by atoms with E-state index in [9.17, 15) is 0 Å². The first-order valence-corrected chi connectivity index (χ1v) is 2.26. The highest BCUT2D eigenvalue weighted by Crippen LogP contribution is 1.65. The van der Waals surface area contributed by atoms with Gasteiger partial charge in [-0.2, -0.15) is 0 Å². The van der Waals surface area contributed by atoms with E-state index >= 15 is 0 Å². The van der Waals surface area contributed by atoms with Gasteiger partial charge in [-0.15, -0.1) is 0 Å². The Hall–Kier alpha value is -0.460. The van der Waals surface area contributed by atoms with Crippen LogP contribution >= 0.6 is 0 Å². The largest absolute Gasteiger partial charge is 0.391 e. The zero-order valence-corrected chi connectivity index (χ0v) is 4.20. The summed E-state index contributed by atoms with van der Waals surface area (Å²) in [6, 6.07) is 0. The maximum Gasteiger partial charge on any atom is 0.0138 e.